The second-order valence-electron chi connectivity index (χ2n) is 15.7. The highest BCUT2D eigenvalue weighted by atomic mass is 35.5. The molecule has 0 aromatic carbocycles. The average molecular weight is 686 g/mol. The molecule has 4 rings (SSSR count). The third-order valence-electron chi connectivity index (χ3n) is 12.5. The molecule has 5 nitrogen and oxygen atoms in total. The fraction of sp³-hybridized carbons (Fsp3) is 0.892. The average Bonchev–Trinajstić information content (AvgIpc) is 3.34. The second-order valence-corrected chi connectivity index (χ2v) is 18.2. The van der Waals surface area contributed by atoms with E-state index in [9.17, 15) is 9.59 Å². The van der Waals surface area contributed by atoms with E-state index in [1.54, 1.807) is 5.57 Å². The fourth-order valence-corrected chi connectivity index (χ4v) is 11.7. The van der Waals surface area contributed by atoms with Gasteiger partial charge in [-0.15, -0.1) is 12.4 Å². The Labute approximate surface area is 289 Å². The first kappa shape index (κ1) is 39.1. The zero-order chi connectivity index (χ0) is 31.7. The first-order valence-electron chi connectivity index (χ1n) is 18.2. The van der Waals surface area contributed by atoms with Crippen LogP contribution in [0.25, 0.3) is 0 Å². The molecule has 45 heavy (non-hydrogen) atoms. The van der Waals surface area contributed by atoms with Gasteiger partial charge in [0.1, 0.15) is 11.9 Å². The number of fused-ring (bicyclic) bond motifs is 5. The van der Waals surface area contributed by atoms with Gasteiger partial charge in [0.25, 0.3) is 0 Å². The topological polar surface area (TPSA) is 81.4 Å². The van der Waals surface area contributed by atoms with Crippen molar-refractivity contribution in [1.29, 1.82) is 0 Å². The lowest BCUT2D eigenvalue weighted by Crippen LogP contribution is -2.51. The van der Waals surface area contributed by atoms with E-state index in [1.165, 1.54) is 73.0 Å². The number of nitrogens with one attached hydrogen (secondary N) is 1. The van der Waals surface area contributed by atoms with Gasteiger partial charge in [-0.1, -0.05) is 100.0 Å². The van der Waals surface area contributed by atoms with E-state index >= 15 is 0 Å². The largest absolute Gasteiger partial charge is 0.461 e. The highest BCUT2D eigenvalue weighted by Crippen LogP contribution is 2.67. The number of halogens is 1. The minimum absolute atomic E-state index is 0. The van der Waals surface area contributed by atoms with Gasteiger partial charge in [0.05, 0.1) is 5.75 Å². The van der Waals surface area contributed by atoms with Crippen molar-refractivity contribution in [3.63, 3.8) is 0 Å². The van der Waals surface area contributed by atoms with Gasteiger partial charge >= 0.3 is 5.97 Å². The van der Waals surface area contributed by atoms with Gasteiger partial charge in [0.2, 0.25) is 5.91 Å². The monoisotopic (exact) mass is 684 g/mol. The SMILES string of the molecule is CC(C)CCC[C@@H](C)[C@H]1CC[C@H]2[C@@H]3CC=C4C[C@@H](OC(=O)CSSCC(=O)NCCCCCCN)CC[C@]4(C)[C@H]3CC[C@]12C.Cl. The Bertz CT molecular complexity index is 979. The molecule has 8 heteroatoms. The summed E-state index contributed by atoms with van der Waals surface area (Å²) in [4.78, 5) is 24.7. The van der Waals surface area contributed by atoms with Crippen molar-refractivity contribution in [2.24, 2.45) is 52.1 Å². The Kier molecular flexibility index (Phi) is 16.0. The van der Waals surface area contributed by atoms with E-state index < -0.39 is 0 Å². The van der Waals surface area contributed by atoms with Crippen molar-refractivity contribution in [3.8, 4) is 0 Å². The quantitative estimate of drug-likeness (QED) is 0.0688. The highest BCUT2D eigenvalue weighted by Gasteiger charge is 2.59. The molecule has 0 spiro atoms. The third-order valence-corrected chi connectivity index (χ3v) is 14.6. The molecule has 0 heterocycles. The van der Waals surface area contributed by atoms with Gasteiger partial charge in [-0.3, -0.25) is 9.59 Å². The summed E-state index contributed by atoms with van der Waals surface area (Å²) in [6, 6.07) is 0. The molecule has 0 unspecified atom stereocenters. The number of ether oxygens (including phenoxy) is 1. The molecule has 0 aromatic rings. The van der Waals surface area contributed by atoms with E-state index in [0.29, 0.717) is 23.5 Å². The van der Waals surface area contributed by atoms with Crippen LogP contribution in [0.2, 0.25) is 0 Å². The Morgan fingerprint density at radius 2 is 1.71 bits per heavy atom. The number of allylic oxidation sites excluding steroid dienone is 1. The molecule has 0 radical (unpaired) electrons. The molecule has 1 amide bonds. The molecule has 8 atom stereocenters. The predicted octanol–water partition coefficient (Wildman–Crippen LogP) is 9.38. The van der Waals surface area contributed by atoms with Gasteiger partial charge < -0.3 is 15.8 Å². The zero-order valence-electron chi connectivity index (χ0n) is 29.1. The maximum atomic E-state index is 12.7. The highest BCUT2D eigenvalue weighted by molar-refractivity contribution is 8.77. The molecule has 4 aliphatic carbocycles. The minimum atomic E-state index is -0.140. The molecular formula is C37H65ClN2O3S2. The summed E-state index contributed by atoms with van der Waals surface area (Å²) in [5.41, 5.74) is 7.89. The first-order valence-corrected chi connectivity index (χ1v) is 20.7. The van der Waals surface area contributed by atoms with Crippen LogP contribution in [0.15, 0.2) is 11.6 Å². The van der Waals surface area contributed by atoms with Gasteiger partial charge in [-0.2, -0.15) is 0 Å². The molecule has 0 aromatic heterocycles. The van der Waals surface area contributed by atoms with Crippen LogP contribution in [0, 0.1) is 46.3 Å². The Hall–Kier alpha value is -0.370. The van der Waals surface area contributed by atoms with Crippen molar-refractivity contribution >= 4 is 45.9 Å². The molecule has 0 bridgehead atoms. The number of carbonyl (C=O) groups is 2. The number of carbonyl (C=O) groups excluding carboxylic acids is 2. The summed E-state index contributed by atoms with van der Waals surface area (Å²) in [7, 11) is 2.88. The van der Waals surface area contributed by atoms with Gasteiger partial charge in [0.15, 0.2) is 0 Å². The van der Waals surface area contributed by atoms with Crippen LogP contribution in [0.1, 0.15) is 131 Å². The summed E-state index contributed by atoms with van der Waals surface area (Å²) < 4.78 is 5.99. The standard InChI is InChI=1S/C37H64N2O3S2.ClH/c1-26(2)11-10-12-27(3)31-15-16-32-30-14-13-28-23-29(17-19-36(28,4)33(30)18-20-37(31,32)5)42-35(41)25-44-43-24-34(40)39-22-9-7-6-8-21-38;/h13,26-27,29-33H,6-12,14-25,38H2,1-5H3,(H,39,40);1H/t27-,29+,30+,31-,32+,33+,36+,37-;/m1./s1. The number of unbranched alkanes of at least 4 members (excludes halogenated alkanes) is 3. The normalized spacial score (nSPS) is 32.9. The zero-order valence-corrected chi connectivity index (χ0v) is 31.5. The van der Waals surface area contributed by atoms with E-state index in [-0.39, 0.29) is 35.8 Å². The Morgan fingerprint density at radius 3 is 2.47 bits per heavy atom. The molecule has 260 valence electrons. The number of hydrogen-bond donors (Lipinski definition) is 2. The molecule has 0 saturated heterocycles. The molecule has 3 saturated carbocycles. The van der Waals surface area contributed by atoms with Gasteiger partial charge in [0, 0.05) is 13.0 Å². The molecule has 3 fully saturated rings. The lowest BCUT2D eigenvalue weighted by molar-refractivity contribution is -0.148. The summed E-state index contributed by atoms with van der Waals surface area (Å²) in [5, 5.41) is 2.97. The molecule has 0 aliphatic heterocycles. The summed E-state index contributed by atoms with van der Waals surface area (Å²) >= 11 is 0. The van der Waals surface area contributed by atoms with Crippen molar-refractivity contribution in [3.05, 3.63) is 11.6 Å². The second kappa shape index (κ2) is 18.4. The van der Waals surface area contributed by atoms with E-state index in [4.69, 9.17) is 10.5 Å². The van der Waals surface area contributed by atoms with Gasteiger partial charge in [-0.25, -0.2) is 0 Å². The number of esters is 1. The summed E-state index contributed by atoms with van der Waals surface area (Å²) in [5.74, 6) is 5.63. The first-order chi connectivity index (χ1) is 21.1. The smallest absolute Gasteiger partial charge is 0.317 e. The van der Waals surface area contributed by atoms with E-state index in [2.05, 4.69) is 46.0 Å². The maximum Gasteiger partial charge on any atom is 0.317 e. The van der Waals surface area contributed by atoms with Crippen LogP contribution >= 0.6 is 34.0 Å². The maximum absolute atomic E-state index is 12.7. The van der Waals surface area contributed by atoms with E-state index in [0.717, 1.165) is 87.0 Å². The van der Waals surface area contributed by atoms with Crippen molar-refractivity contribution in [2.45, 2.75) is 137 Å². The molecular weight excluding hydrogens is 620 g/mol. The predicted molar refractivity (Wildman–Crippen MR) is 196 cm³/mol. The third kappa shape index (κ3) is 10.1. The van der Waals surface area contributed by atoms with Crippen LogP contribution < -0.4 is 11.1 Å². The summed E-state index contributed by atoms with van der Waals surface area (Å²) in [6.07, 6.45) is 20.9. The van der Waals surface area contributed by atoms with Crippen molar-refractivity contribution in [2.75, 3.05) is 24.6 Å². The van der Waals surface area contributed by atoms with Crippen LogP contribution in [-0.2, 0) is 14.3 Å². The lowest BCUT2D eigenvalue weighted by atomic mass is 9.47. The van der Waals surface area contributed by atoms with Crippen molar-refractivity contribution in [1.82, 2.24) is 5.32 Å². The Morgan fingerprint density at radius 1 is 0.956 bits per heavy atom. The van der Waals surface area contributed by atoms with Crippen LogP contribution in [-0.4, -0.2) is 42.6 Å². The van der Waals surface area contributed by atoms with Crippen molar-refractivity contribution < 1.29 is 14.3 Å². The van der Waals surface area contributed by atoms with Gasteiger partial charge in [-0.05, 0) is 111 Å². The van der Waals surface area contributed by atoms with Crippen LogP contribution in [0.5, 0.6) is 0 Å². The lowest BCUT2D eigenvalue weighted by Gasteiger charge is -2.58. The number of hydrogen-bond acceptors (Lipinski definition) is 6. The minimum Gasteiger partial charge on any atom is -0.461 e. The van der Waals surface area contributed by atoms with Crippen LogP contribution in [0.4, 0.5) is 0 Å². The fourth-order valence-electron chi connectivity index (χ4n) is 10.1. The summed E-state index contributed by atoms with van der Waals surface area (Å²) in [6.45, 7) is 14.0. The number of rotatable bonds is 17. The Balaban J connectivity index is 0.00000552. The molecule has 3 N–H and O–H groups in total. The number of amides is 1. The van der Waals surface area contributed by atoms with E-state index in [1.807, 2.05) is 0 Å². The van der Waals surface area contributed by atoms with Crippen LogP contribution in [0.3, 0.4) is 0 Å². The molecule has 4 aliphatic rings. The number of nitrogens with two attached hydrogens (primary N) is 1.